The maximum atomic E-state index is 3.78. The van der Waals surface area contributed by atoms with Crippen LogP contribution in [0.5, 0.6) is 0 Å². The number of hydrogen-bond donors (Lipinski definition) is 1. The summed E-state index contributed by atoms with van der Waals surface area (Å²) in [6, 6.07) is 50.5. The smallest absolute Gasteiger partial charge is 0.0546 e. The standard InChI is InChI=1S/C39H30N2/c1-39(2)35-19-11-9-17-30(35)31-22-21-26(23-36(31)39)33-24-29(25-34-32-18-10-12-20-37(32)40-38(33)34)41(27-13-5-3-6-14-27)28-15-7-4-8-16-28/h3-25,40H,1-2H3. The van der Waals surface area contributed by atoms with Gasteiger partial charge in [0, 0.05) is 44.3 Å². The molecule has 7 aromatic rings. The highest BCUT2D eigenvalue weighted by molar-refractivity contribution is 6.13. The Morgan fingerprint density at radius 2 is 1.12 bits per heavy atom. The Kier molecular flexibility index (Phi) is 5.20. The summed E-state index contributed by atoms with van der Waals surface area (Å²) in [4.78, 5) is 6.14. The van der Waals surface area contributed by atoms with Crippen LogP contribution in [0.3, 0.4) is 0 Å². The van der Waals surface area contributed by atoms with Gasteiger partial charge >= 0.3 is 0 Å². The summed E-state index contributed by atoms with van der Waals surface area (Å²) >= 11 is 0. The Morgan fingerprint density at radius 3 is 1.88 bits per heavy atom. The Balaban J connectivity index is 1.41. The first-order chi connectivity index (χ1) is 20.1. The number of H-pyrrole nitrogens is 1. The van der Waals surface area contributed by atoms with Crippen LogP contribution in [0, 0.1) is 0 Å². The number of para-hydroxylation sites is 3. The Labute approximate surface area is 240 Å². The fraction of sp³-hybridized carbons (Fsp3) is 0.0769. The van der Waals surface area contributed by atoms with Gasteiger partial charge in [0.2, 0.25) is 0 Å². The van der Waals surface area contributed by atoms with Crippen LogP contribution >= 0.6 is 0 Å². The molecule has 2 heteroatoms. The number of hydrogen-bond acceptors (Lipinski definition) is 1. The van der Waals surface area contributed by atoms with Crippen molar-refractivity contribution >= 4 is 38.9 Å². The van der Waals surface area contributed by atoms with E-state index in [1.54, 1.807) is 0 Å². The third-order valence-corrected chi connectivity index (χ3v) is 8.78. The SMILES string of the molecule is CC1(C)c2ccccc2-c2ccc(-c3cc(N(c4ccccc4)c4ccccc4)cc4c3[nH]c3ccccc34)cc21. The van der Waals surface area contributed by atoms with E-state index < -0.39 is 0 Å². The number of aromatic nitrogens is 1. The summed E-state index contributed by atoms with van der Waals surface area (Å²) < 4.78 is 0. The highest BCUT2D eigenvalue weighted by Crippen LogP contribution is 2.50. The van der Waals surface area contributed by atoms with Crippen LogP contribution < -0.4 is 4.90 Å². The topological polar surface area (TPSA) is 19.0 Å². The Hall–Kier alpha value is -5.08. The second kappa shape index (κ2) is 8.97. The first-order valence-corrected chi connectivity index (χ1v) is 14.3. The second-order valence-corrected chi connectivity index (χ2v) is 11.5. The summed E-state index contributed by atoms with van der Waals surface area (Å²) in [5.41, 5.74) is 13.6. The van der Waals surface area contributed by atoms with Crippen LogP contribution in [0.15, 0.2) is 140 Å². The van der Waals surface area contributed by atoms with Crippen LogP contribution in [-0.2, 0) is 5.41 Å². The van der Waals surface area contributed by atoms with Gasteiger partial charge < -0.3 is 9.88 Å². The number of rotatable bonds is 4. The molecule has 1 heterocycles. The van der Waals surface area contributed by atoms with E-state index in [1.807, 2.05) is 0 Å². The minimum absolute atomic E-state index is 0.0563. The van der Waals surface area contributed by atoms with Crippen molar-refractivity contribution < 1.29 is 0 Å². The predicted molar refractivity (Wildman–Crippen MR) is 173 cm³/mol. The van der Waals surface area contributed by atoms with E-state index >= 15 is 0 Å². The molecule has 6 aromatic carbocycles. The lowest BCUT2D eigenvalue weighted by Crippen LogP contribution is -2.14. The molecule has 41 heavy (non-hydrogen) atoms. The van der Waals surface area contributed by atoms with E-state index in [4.69, 9.17) is 0 Å². The molecular formula is C39H30N2. The normalized spacial score (nSPS) is 13.3. The van der Waals surface area contributed by atoms with Gasteiger partial charge in [-0.1, -0.05) is 105 Å². The molecule has 0 saturated heterocycles. The van der Waals surface area contributed by atoms with E-state index in [0.29, 0.717) is 0 Å². The molecule has 1 N–H and O–H groups in total. The van der Waals surface area contributed by atoms with Gasteiger partial charge in [-0.2, -0.15) is 0 Å². The first kappa shape index (κ1) is 23.8. The van der Waals surface area contributed by atoms with Gasteiger partial charge in [-0.25, -0.2) is 0 Å². The van der Waals surface area contributed by atoms with Crippen LogP contribution in [0.1, 0.15) is 25.0 Å². The molecular weight excluding hydrogens is 496 g/mol. The summed E-state index contributed by atoms with van der Waals surface area (Å²) in [7, 11) is 0. The average molecular weight is 527 g/mol. The van der Waals surface area contributed by atoms with Gasteiger partial charge in [0.1, 0.15) is 0 Å². The molecule has 2 nitrogen and oxygen atoms in total. The highest BCUT2D eigenvalue weighted by Gasteiger charge is 2.35. The van der Waals surface area contributed by atoms with Gasteiger partial charge in [-0.3, -0.25) is 0 Å². The molecule has 0 aliphatic heterocycles. The minimum atomic E-state index is -0.0563. The van der Waals surface area contributed by atoms with Crippen molar-refractivity contribution in [2.75, 3.05) is 4.90 Å². The lowest BCUT2D eigenvalue weighted by atomic mass is 9.81. The maximum Gasteiger partial charge on any atom is 0.0546 e. The number of anilines is 3. The summed E-state index contributed by atoms with van der Waals surface area (Å²) in [5.74, 6) is 0. The quantitative estimate of drug-likeness (QED) is 0.242. The summed E-state index contributed by atoms with van der Waals surface area (Å²) in [6.07, 6.45) is 0. The first-order valence-electron chi connectivity index (χ1n) is 14.3. The largest absolute Gasteiger partial charge is 0.354 e. The average Bonchev–Trinajstić information content (AvgIpc) is 3.50. The molecule has 0 amide bonds. The van der Waals surface area contributed by atoms with Gasteiger partial charge in [-0.15, -0.1) is 0 Å². The zero-order chi connectivity index (χ0) is 27.6. The monoisotopic (exact) mass is 526 g/mol. The molecule has 1 aliphatic rings. The highest BCUT2D eigenvalue weighted by atomic mass is 15.1. The third kappa shape index (κ3) is 3.64. The molecule has 0 fully saturated rings. The van der Waals surface area contributed by atoms with Gasteiger partial charge in [0.05, 0.1) is 5.52 Å². The Bertz CT molecular complexity index is 2030. The van der Waals surface area contributed by atoms with Crippen molar-refractivity contribution in [2.24, 2.45) is 0 Å². The second-order valence-electron chi connectivity index (χ2n) is 11.5. The molecule has 1 aliphatic carbocycles. The molecule has 0 bridgehead atoms. The fourth-order valence-electron chi connectivity index (χ4n) is 6.77. The van der Waals surface area contributed by atoms with Crippen molar-refractivity contribution in [3.63, 3.8) is 0 Å². The zero-order valence-electron chi connectivity index (χ0n) is 23.2. The molecule has 196 valence electrons. The van der Waals surface area contributed by atoms with Crippen LogP contribution in [0.4, 0.5) is 17.1 Å². The molecule has 1 aromatic heterocycles. The van der Waals surface area contributed by atoms with E-state index in [9.17, 15) is 0 Å². The number of aromatic amines is 1. The van der Waals surface area contributed by atoms with Gasteiger partial charge in [0.15, 0.2) is 0 Å². The number of fused-ring (bicyclic) bond motifs is 6. The predicted octanol–water partition coefficient (Wildman–Crippen LogP) is 10.8. The van der Waals surface area contributed by atoms with Crippen molar-refractivity contribution in [2.45, 2.75) is 19.3 Å². The molecule has 0 saturated carbocycles. The number of nitrogens with one attached hydrogen (secondary N) is 1. The van der Waals surface area contributed by atoms with E-state index in [1.165, 1.54) is 49.7 Å². The third-order valence-electron chi connectivity index (χ3n) is 8.78. The summed E-state index contributed by atoms with van der Waals surface area (Å²) in [5, 5.41) is 2.47. The fourth-order valence-corrected chi connectivity index (χ4v) is 6.77. The van der Waals surface area contributed by atoms with Crippen molar-refractivity contribution in [1.82, 2.24) is 4.98 Å². The number of benzene rings is 6. The van der Waals surface area contributed by atoms with E-state index in [-0.39, 0.29) is 5.41 Å². The zero-order valence-corrected chi connectivity index (χ0v) is 23.2. The molecule has 0 spiro atoms. The number of nitrogens with zero attached hydrogens (tertiary/aromatic N) is 1. The lowest BCUT2D eigenvalue weighted by Gasteiger charge is -2.26. The van der Waals surface area contributed by atoms with E-state index in [2.05, 4.69) is 163 Å². The lowest BCUT2D eigenvalue weighted by molar-refractivity contribution is 0.660. The van der Waals surface area contributed by atoms with Gasteiger partial charge in [-0.05, 0) is 76.3 Å². The molecule has 0 unspecified atom stereocenters. The van der Waals surface area contributed by atoms with Crippen molar-refractivity contribution in [1.29, 1.82) is 0 Å². The van der Waals surface area contributed by atoms with E-state index in [0.717, 1.165) is 22.6 Å². The molecule has 0 radical (unpaired) electrons. The van der Waals surface area contributed by atoms with Crippen LogP contribution in [0.2, 0.25) is 0 Å². The minimum Gasteiger partial charge on any atom is -0.354 e. The van der Waals surface area contributed by atoms with Crippen molar-refractivity contribution in [3.05, 3.63) is 151 Å². The Morgan fingerprint density at radius 1 is 0.488 bits per heavy atom. The summed E-state index contributed by atoms with van der Waals surface area (Å²) in [6.45, 7) is 4.70. The maximum absolute atomic E-state index is 3.78. The van der Waals surface area contributed by atoms with Crippen LogP contribution in [-0.4, -0.2) is 4.98 Å². The van der Waals surface area contributed by atoms with Crippen molar-refractivity contribution in [3.8, 4) is 22.3 Å². The van der Waals surface area contributed by atoms with Gasteiger partial charge in [0.25, 0.3) is 0 Å². The van der Waals surface area contributed by atoms with Crippen LogP contribution in [0.25, 0.3) is 44.1 Å². The molecule has 0 atom stereocenters. The molecule has 8 rings (SSSR count).